The van der Waals surface area contributed by atoms with Crippen LogP contribution in [0.2, 0.25) is 5.02 Å². The summed E-state index contributed by atoms with van der Waals surface area (Å²) in [6, 6.07) is 7.90. The summed E-state index contributed by atoms with van der Waals surface area (Å²) in [6.45, 7) is 2.43. The van der Waals surface area contributed by atoms with E-state index in [-0.39, 0.29) is 12.0 Å². The summed E-state index contributed by atoms with van der Waals surface area (Å²) in [4.78, 5) is 0. The molecule has 1 aliphatic rings. The zero-order valence-corrected chi connectivity index (χ0v) is 8.38. The number of halogens is 1. The quantitative estimate of drug-likeness (QED) is 0.771. The van der Waals surface area contributed by atoms with E-state index in [1.807, 2.05) is 18.2 Å². The summed E-state index contributed by atoms with van der Waals surface area (Å²) in [6.07, 6.45) is 1.05. The van der Waals surface area contributed by atoms with Gasteiger partial charge in [-0.3, -0.25) is 0 Å². The van der Waals surface area contributed by atoms with Crippen molar-refractivity contribution in [1.82, 2.24) is 0 Å². The highest BCUT2D eigenvalue weighted by atomic mass is 35.5. The minimum Gasteiger partial charge on any atom is -0.396 e. The van der Waals surface area contributed by atoms with Crippen LogP contribution < -0.4 is 0 Å². The lowest BCUT2D eigenvalue weighted by Gasteiger charge is -2.12. The van der Waals surface area contributed by atoms with Crippen LogP contribution in [0.25, 0.3) is 0 Å². The van der Waals surface area contributed by atoms with E-state index in [9.17, 15) is 0 Å². The highest BCUT2D eigenvalue weighted by molar-refractivity contribution is 6.31. The lowest BCUT2D eigenvalue weighted by Crippen LogP contribution is -2.07. The van der Waals surface area contributed by atoms with Crippen LogP contribution in [0.1, 0.15) is 18.9 Å². The van der Waals surface area contributed by atoms with Gasteiger partial charge in [0.15, 0.2) is 0 Å². The monoisotopic (exact) mass is 196 g/mol. The van der Waals surface area contributed by atoms with Crippen molar-refractivity contribution < 1.29 is 5.11 Å². The van der Waals surface area contributed by atoms with Crippen LogP contribution in [0.3, 0.4) is 0 Å². The molecule has 2 rings (SSSR count). The predicted octanol–water partition coefficient (Wildman–Crippen LogP) is 2.61. The van der Waals surface area contributed by atoms with Gasteiger partial charge in [0.25, 0.3) is 0 Å². The molecule has 0 bridgehead atoms. The van der Waals surface area contributed by atoms with Gasteiger partial charge in [0, 0.05) is 11.6 Å². The first-order valence-corrected chi connectivity index (χ1v) is 4.92. The molecule has 0 heterocycles. The van der Waals surface area contributed by atoms with Gasteiger partial charge in [-0.25, -0.2) is 0 Å². The Bertz CT molecular complexity index is 324. The molecule has 1 N–H and O–H groups in total. The van der Waals surface area contributed by atoms with Crippen LogP contribution >= 0.6 is 11.6 Å². The molecule has 1 aromatic rings. The van der Waals surface area contributed by atoms with Gasteiger partial charge in [-0.1, -0.05) is 36.7 Å². The van der Waals surface area contributed by atoms with Crippen molar-refractivity contribution in [3.63, 3.8) is 0 Å². The van der Waals surface area contributed by atoms with Crippen molar-refractivity contribution in [1.29, 1.82) is 0 Å². The van der Waals surface area contributed by atoms with E-state index >= 15 is 0 Å². The lowest BCUT2D eigenvalue weighted by atomic mass is 9.96. The van der Waals surface area contributed by atoms with E-state index in [1.165, 1.54) is 5.56 Å². The smallest absolute Gasteiger partial charge is 0.0468 e. The Kier molecular flexibility index (Phi) is 2.09. The molecule has 1 nitrogen and oxygen atoms in total. The zero-order valence-electron chi connectivity index (χ0n) is 7.63. The number of hydrogen-bond donors (Lipinski definition) is 1. The van der Waals surface area contributed by atoms with E-state index in [2.05, 4.69) is 13.0 Å². The topological polar surface area (TPSA) is 20.2 Å². The molecule has 0 aromatic heterocycles. The molecule has 1 fully saturated rings. The summed E-state index contributed by atoms with van der Waals surface area (Å²) < 4.78 is 0. The van der Waals surface area contributed by atoms with Crippen LogP contribution in [0.4, 0.5) is 0 Å². The number of hydrogen-bond acceptors (Lipinski definition) is 1. The van der Waals surface area contributed by atoms with Gasteiger partial charge in [-0.2, -0.15) is 0 Å². The highest BCUT2D eigenvalue weighted by Crippen LogP contribution is 2.55. The highest BCUT2D eigenvalue weighted by Gasteiger charge is 2.51. The molecule has 1 aliphatic carbocycles. The molecule has 2 atom stereocenters. The molecule has 0 saturated heterocycles. The maximum Gasteiger partial charge on any atom is 0.0468 e. The fourth-order valence-corrected chi connectivity index (χ4v) is 2.32. The maximum atomic E-state index is 9.05. The molecule has 1 aromatic carbocycles. The van der Waals surface area contributed by atoms with Crippen molar-refractivity contribution in [2.45, 2.75) is 18.8 Å². The van der Waals surface area contributed by atoms with Crippen LogP contribution in [-0.2, 0) is 5.41 Å². The van der Waals surface area contributed by atoms with E-state index < -0.39 is 0 Å². The molecule has 2 heteroatoms. The number of aliphatic hydroxyl groups is 1. The van der Waals surface area contributed by atoms with Gasteiger partial charge < -0.3 is 5.11 Å². The second kappa shape index (κ2) is 3.00. The Labute approximate surface area is 83.3 Å². The van der Waals surface area contributed by atoms with Crippen molar-refractivity contribution in [3.05, 3.63) is 34.9 Å². The number of rotatable bonds is 2. The van der Waals surface area contributed by atoms with Gasteiger partial charge in [0.2, 0.25) is 0 Å². The number of benzene rings is 1. The summed E-state index contributed by atoms with van der Waals surface area (Å²) in [5.74, 6) is 0.396. The Hall–Kier alpha value is -0.530. The Morgan fingerprint density at radius 3 is 2.77 bits per heavy atom. The average Bonchev–Trinajstić information content (AvgIpc) is 2.79. The maximum absolute atomic E-state index is 9.05. The third-order valence-corrected chi connectivity index (χ3v) is 3.45. The third kappa shape index (κ3) is 1.36. The van der Waals surface area contributed by atoms with E-state index in [4.69, 9.17) is 16.7 Å². The van der Waals surface area contributed by atoms with Gasteiger partial charge in [-0.15, -0.1) is 0 Å². The van der Waals surface area contributed by atoms with Gasteiger partial charge in [0.05, 0.1) is 0 Å². The second-order valence-corrected chi connectivity index (χ2v) is 4.39. The van der Waals surface area contributed by atoms with E-state index in [0.717, 1.165) is 11.4 Å². The van der Waals surface area contributed by atoms with Gasteiger partial charge in [0.1, 0.15) is 0 Å². The molecule has 0 aliphatic heterocycles. The summed E-state index contributed by atoms with van der Waals surface area (Å²) in [5.41, 5.74) is 1.29. The normalized spacial score (nSPS) is 31.8. The molecule has 13 heavy (non-hydrogen) atoms. The first-order valence-electron chi connectivity index (χ1n) is 4.54. The number of aliphatic hydroxyl groups excluding tert-OH is 1. The standard InChI is InChI=1S/C11H13ClO/c1-11(6-8(11)7-13)9-4-2-3-5-10(9)12/h2-5,8,13H,6-7H2,1H3/t8-,11-/m1/s1. The largest absolute Gasteiger partial charge is 0.396 e. The average molecular weight is 197 g/mol. The van der Waals surface area contributed by atoms with Crippen LogP contribution in [-0.4, -0.2) is 11.7 Å². The molecular formula is C11H13ClO. The van der Waals surface area contributed by atoms with Crippen LogP contribution in [0, 0.1) is 5.92 Å². The molecule has 0 radical (unpaired) electrons. The zero-order chi connectivity index (χ0) is 9.47. The third-order valence-electron chi connectivity index (χ3n) is 3.12. The molecule has 0 unspecified atom stereocenters. The Morgan fingerprint density at radius 1 is 1.54 bits per heavy atom. The Balaban J connectivity index is 2.32. The molecule has 1 saturated carbocycles. The first-order chi connectivity index (χ1) is 6.18. The van der Waals surface area contributed by atoms with Crippen molar-refractivity contribution in [3.8, 4) is 0 Å². The second-order valence-electron chi connectivity index (χ2n) is 3.98. The molecule has 0 spiro atoms. The fraction of sp³-hybridized carbons (Fsp3) is 0.455. The molecule has 0 amide bonds. The molecular weight excluding hydrogens is 184 g/mol. The van der Waals surface area contributed by atoms with Crippen LogP contribution in [0.5, 0.6) is 0 Å². The van der Waals surface area contributed by atoms with E-state index in [1.54, 1.807) is 0 Å². The van der Waals surface area contributed by atoms with Gasteiger partial charge in [-0.05, 0) is 29.4 Å². The van der Waals surface area contributed by atoms with Crippen molar-refractivity contribution in [2.24, 2.45) is 5.92 Å². The lowest BCUT2D eigenvalue weighted by molar-refractivity contribution is 0.265. The SMILES string of the molecule is C[C@@]1(c2ccccc2Cl)C[C@@H]1CO. The van der Waals surface area contributed by atoms with E-state index in [0.29, 0.717) is 5.92 Å². The summed E-state index contributed by atoms with van der Waals surface area (Å²) >= 11 is 6.09. The predicted molar refractivity (Wildman–Crippen MR) is 54.0 cm³/mol. The summed E-state index contributed by atoms with van der Waals surface area (Å²) in [5, 5.41) is 9.87. The summed E-state index contributed by atoms with van der Waals surface area (Å²) in [7, 11) is 0. The first kappa shape index (κ1) is 9.04. The fourth-order valence-electron chi connectivity index (χ4n) is 1.97. The minimum atomic E-state index is 0.118. The van der Waals surface area contributed by atoms with Crippen LogP contribution in [0.15, 0.2) is 24.3 Å². The van der Waals surface area contributed by atoms with Crippen molar-refractivity contribution in [2.75, 3.05) is 6.61 Å². The Morgan fingerprint density at radius 2 is 2.23 bits per heavy atom. The molecule has 70 valence electrons. The minimum absolute atomic E-state index is 0.118. The van der Waals surface area contributed by atoms with Gasteiger partial charge >= 0.3 is 0 Å². The van der Waals surface area contributed by atoms with Crippen molar-refractivity contribution >= 4 is 11.6 Å².